The number of hydrogen-bond acceptors (Lipinski definition) is 5. The highest BCUT2D eigenvalue weighted by Gasteiger charge is 2.18. The van der Waals surface area contributed by atoms with Crippen LogP contribution in [-0.2, 0) is 9.47 Å². The van der Waals surface area contributed by atoms with Crippen molar-refractivity contribution in [3.05, 3.63) is 29.3 Å². The topological polar surface area (TPSA) is 93.7 Å². The molecule has 0 unspecified atom stereocenters. The van der Waals surface area contributed by atoms with Crippen LogP contribution in [0.2, 0.25) is 0 Å². The Morgan fingerprint density at radius 1 is 0.917 bits per heavy atom. The standard InChI is InChI=1S/C17H22N2O5/c1-23-15(20)11-8-12(16(21)24-2)10-14(9-11)19-17(22)18-13-6-4-3-5-7-13/h8-10,13H,3-7H2,1-2H3,(H2,18,19,22). The highest BCUT2D eigenvalue weighted by atomic mass is 16.5. The quantitative estimate of drug-likeness (QED) is 0.826. The van der Waals surface area contributed by atoms with Gasteiger partial charge >= 0.3 is 18.0 Å². The second-order valence-electron chi connectivity index (χ2n) is 5.72. The van der Waals surface area contributed by atoms with E-state index in [-0.39, 0.29) is 23.2 Å². The molecular formula is C17H22N2O5. The summed E-state index contributed by atoms with van der Waals surface area (Å²) in [5.41, 5.74) is 0.647. The average molecular weight is 334 g/mol. The molecule has 0 aliphatic heterocycles. The Morgan fingerprint density at radius 3 is 1.96 bits per heavy atom. The highest BCUT2D eigenvalue weighted by Crippen LogP contribution is 2.19. The first-order valence-corrected chi connectivity index (χ1v) is 7.92. The maximum absolute atomic E-state index is 12.1. The van der Waals surface area contributed by atoms with Crippen LogP contribution in [0.15, 0.2) is 18.2 Å². The van der Waals surface area contributed by atoms with Crippen LogP contribution >= 0.6 is 0 Å². The number of carbonyl (C=O) groups is 3. The SMILES string of the molecule is COC(=O)c1cc(NC(=O)NC2CCCCC2)cc(C(=O)OC)c1. The summed E-state index contributed by atoms with van der Waals surface area (Å²) in [6.45, 7) is 0. The third-order valence-electron chi connectivity index (χ3n) is 3.97. The molecule has 7 nitrogen and oxygen atoms in total. The second-order valence-corrected chi connectivity index (χ2v) is 5.72. The van der Waals surface area contributed by atoms with Gasteiger partial charge in [0.1, 0.15) is 0 Å². The summed E-state index contributed by atoms with van der Waals surface area (Å²) in [6, 6.07) is 4.07. The first-order valence-electron chi connectivity index (χ1n) is 7.92. The first-order chi connectivity index (χ1) is 11.5. The van der Waals surface area contributed by atoms with Gasteiger partial charge in [-0.05, 0) is 31.0 Å². The van der Waals surface area contributed by atoms with E-state index in [1.54, 1.807) is 0 Å². The van der Waals surface area contributed by atoms with Gasteiger partial charge in [-0.15, -0.1) is 0 Å². The van der Waals surface area contributed by atoms with E-state index in [1.807, 2.05) is 0 Å². The van der Waals surface area contributed by atoms with E-state index in [9.17, 15) is 14.4 Å². The Balaban J connectivity index is 2.13. The maximum Gasteiger partial charge on any atom is 0.337 e. The summed E-state index contributed by atoms with van der Waals surface area (Å²) >= 11 is 0. The normalized spacial score (nSPS) is 14.6. The molecule has 0 bridgehead atoms. The molecule has 2 rings (SSSR count). The van der Waals surface area contributed by atoms with Gasteiger partial charge in [-0.3, -0.25) is 0 Å². The van der Waals surface area contributed by atoms with Gasteiger partial charge in [-0.2, -0.15) is 0 Å². The summed E-state index contributed by atoms with van der Waals surface area (Å²) in [7, 11) is 2.49. The number of anilines is 1. The Kier molecular flexibility index (Phi) is 6.17. The minimum Gasteiger partial charge on any atom is -0.465 e. The van der Waals surface area contributed by atoms with Crippen molar-refractivity contribution < 1.29 is 23.9 Å². The number of urea groups is 1. The Hall–Kier alpha value is -2.57. The molecule has 24 heavy (non-hydrogen) atoms. The number of rotatable bonds is 4. The molecule has 0 spiro atoms. The fraction of sp³-hybridized carbons (Fsp3) is 0.471. The third-order valence-corrected chi connectivity index (χ3v) is 3.97. The number of benzene rings is 1. The Bertz CT molecular complexity index is 589. The summed E-state index contributed by atoms with van der Waals surface area (Å²) in [5, 5.41) is 5.57. The number of hydrogen-bond donors (Lipinski definition) is 2. The summed E-state index contributed by atoms with van der Waals surface area (Å²) in [5.74, 6) is -1.20. The van der Waals surface area contributed by atoms with Crippen molar-refractivity contribution in [1.82, 2.24) is 5.32 Å². The number of amides is 2. The van der Waals surface area contributed by atoms with Crippen molar-refractivity contribution in [2.75, 3.05) is 19.5 Å². The van der Waals surface area contributed by atoms with Crippen molar-refractivity contribution in [1.29, 1.82) is 0 Å². The average Bonchev–Trinajstić information content (AvgIpc) is 2.60. The van der Waals surface area contributed by atoms with E-state index in [4.69, 9.17) is 0 Å². The molecular weight excluding hydrogens is 312 g/mol. The molecule has 1 aliphatic carbocycles. The number of carbonyl (C=O) groups excluding carboxylic acids is 3. The fourth-order valence-corrected chi connectivity index (χ4v) is 2.77. The summed E-state index contributed by atoms with van der Waals surface area (Å²) in [4.78, 5) is 35.6. The molecule has 2 N–H and O–H groups in total. The lowest BCUT2D eigenvalue weighted by Crippen LogP contribution is -2.39. The van der Waals surface area contributed by atoms with Crippen LogP contribution in [0.25, 0.3) is 0 Å². The number of ether oxygens (including phenoxy) is 2. The van der Waals surface area contributed by atoms with Crippen molar-refractivity contribution in [3.63, 3.8) is 0 Å². The summed E-state index contributed by atoms with van der Waals surface area (Å²) in [6.07, 6.45) is 5.33. The molecule has 0 atom stereocenters. The van der Waals surface area contributed by atoms with E-state index in [0.29, 0.717) is 5.69 Å². The largest absolute Gasteiger partial charge is 0.465 e. The van der Waals surface area contributed by atoms with Crippen LogP contribution in [0.1, 0.15) is 52.8 Å². The van der Waals surface area contributed by atoms with Gasteiger partial charge in [0.2, 0.25) is 0 Å². The van der Waals surface area contributed by atoms with Crippen molar-refractivity contribution in [2.24, 2.45) is 0 Å². The lowest BCUT2D eigenvalue weighted by Gasteiger charge is -2.23. The number of methoxy groups -OCH3 is 2. The summed E-state index contributed by atoms with van der Waals surface area (Å²) < 4.78 is 9.33. The molecule has 0 aromatic heterocycles. The van der Waals surface area contributed by atoms with Gasteiger partial charge in [-0.25, -0.2) is 14.4 Å². The zero-order valence-electron chi connectivity index (χ0n) is 13.9. The molecule has 1 aromatic carbocycles. The molecule has 1 fully saturated rings. The van der Waals surface area contributed by atoms with Crippen LogP contribution < -0.4 is 10.6 Å². The molecule has 0 radical (unpaired) electrons. The predicted molar refractivity (Wildman–Crippen MR) is 88.1 cm³/mol. The van der Waals surface area contributed by atoms with E-state index in [1.165, 1.54) is 38.8 Å². The molecule has 0 saturated heterocycles. The maximum atomic E-state index is 12.1. The second kappa shape index (κ2) is 8.33. The number of nitrogens with one attached hydrogen (secondary N) is 2. The van der Waals surface area contributed by atoms with Crippen LogP contribution in [0, 0.1) is 0 Å². The highest BCUT2D eigenvalue weighted by molar-refractivity contribution is 5.99. The van der Waals surface area contributed by atoms with Crippen LogP contribution in [0.3, 0.4) is 0 Å². The lowest BCUT2D eigenvalue weighted by molar-refractivity contribution is 0.0599. The molecule has 7 heteroatoms. The van der Waals surface area contributed by atoms with Gasteiger partial charge in [0.05, 0.1) is 25.3 Å². The first kappa shape index (κ1) is 17.8. The number of esters is 2. The zero-order chi connectivity index (χ0) is 17.5. The van der Waals surface area contributed by atoms with Gasteiger partial charge < -0.3 is 20.1 Å². The van der Waals surface area contributed by atoms with Crippen molar-refractivity contribution in [2.45, 2.75) is 38.1 Å². The van der Waals surface area contributed by atoms with Crippen LogP contribution in [0.4, 0.5) is 10.5 Å². The Morgan fingerprint density at radius 2 is 1.46 bits per heavy atom. The molecule has 1 aliphatic rings. The fourth-order valence-electron chi connectivity index (χ4n) is 2.77. The molecule has 130 valence electrons. The molecule has 1 saturated carbocycles. The monoisotopic (exact) mass is 334 g/mol. The zero-order valence-corrected chi connectivity index (χ0v) is 13.9. The minimum atomic E-state index is -0.600. The van der Waals surface area contributed by atoms with Crippen molar-refractivity contribution >= 4 is 23.7 Å². The van der Waals surface area contributed by atoms with Gasteiger partial charge in [0, 0.05) is 11.7 Å². The van der Waals surface area contributed by atoms with Gasteiger partial charge in [0.25, 0.3) is 0 Å². The molecule has 0 heterocycles. The molecule has 1 aromatic rings. The van der Waals surface area contributed by atoms with E-state index < -0.39 is 11.9 Å². The van der Waals surface area contributed by atoms with E-state index in [2.05, 4.69) is 20.1 Å². The van der Waals surface area contributed by atoms with Crippen LogP contribution in [0.5, 0.6) is 0 Å². The third kappa shape index (κ3) is 4.71. The Labute approximate surface area is 140 Å². The van der Waals surface area contributed by atoms with Crippen molar-refractivity contribution in [3.8, 4) is 0 Å². The smallest absolute Gasteiger partial charge is 0.337 e. The lowest BCUT2D eigenvalue weighted by atomic mass is 9.96. The minimum absolute atomic E-state index is 0.155. The van der Waals surface area contributed by atoms with Gasteiger partial charge in [-0.1, -0.05) is 19.3 Å². The van der Waals surface area contributed by atoms with E-state index >= 15 is 0 Å². The predicted octanol–water partition coefficient (Wildman–Crippen LogP) is 2.71. The van der Waals surface area contributed by atoms with E-state index in [0.717, 1.165) is 25.7 Å². The van der Waals surface area contributed by atoms with Crippen LogP contribution in [-0.4, -0.2) is 38.2 Å². The van der Waals surface area contributed by atoms with Gasteiger partial charge in [0.15, 0.2) is 0 Å². The molecule has 2 amide bonds.